The topological polar surface area (TPSA) is 16.4 Å². The Morgan fingerprint density at radius 2 is 1.02 bits per heavy atom. The predicted molar refractivity (Wildman–Crippen MR) is 237 cm³/mol. The maximum Gasteiger partial charge on any atom is 0.143 e. The van der Waals surface area contributed by atoms with Crippen molar-refractivity contribution in [3.05, 3.63) is 181 Å². The van der Waals surface area contributed by atoms with Crippen molar-refractivity contribution in [3.63, 3.8) is 0 Å². The Morgan fingerprint density at radius 3 is 1.75 bits per heavy atom. The van der Waals surface area contributed by atoms with E-state index in [0.29, 0.717) is 0 Å². The summed E-state index contributed by atoms with van der Waals surface area (Å²) in [5.74, 6) is 0. The van der Waals surface area contributed by atoms with Gasteiger partial charge in [-0.1, -0.05) is 172 Å². The Bertz CT molecular complexity index is 2910. The second kappa shape index (κ2) is 12.4. The van der Waals surface area contributed by atoms with Crippen molar-refractivity contribution in [2.45, 2.75) is 38.9 Å². The van der Waals surface area contributed by atoms with Gasteiger partial charge < -0.3 is 9.32 Å². The van der Waals surface area contributed by atoms with E-state index in [4.69, 9.17) is 4.42 Å². The van der Waals surface area contributed by atoms with Crippen LogP contribution in [0.2, 0.25) is 19.6 Å². The Labute approximate surface area is 324 Å². The summed E-state index contributed by atoms with van der Waals surface area (Å²) in [4.78, 5) is 2.44. The molecule has 2 nitrogen and oxygen atoms in total. The largest absolute Gasteiger partial charge is 0.455 e. The molecule has 0 saturated carbocycles. The van der Waals surface area contributed by atoms with E-state index in [2.05, 4.69) is 208 Å². The van der Waals surface area contributed by atoms with Crippen molar-refractivity contribution < 1.29 is 4.42 Å². The third-order valence-electron chi connectivity index (χ3n) is 11.9. The summed E-state index contributed by atoms with van der Waals surface area (Å²) in [7, 11) is -1.37. The fourth-order valence-electron chi connectivity index (χ4n) is 8.86. The van der Waals surface area contributed by atoms with E-state index >= 15 is 0 Å². The van der Waals surface area contributed by atoms with Crippen LogP contribution in [0.4, 0.5) is 17.1 Å². The van der Waals surface area contributed by atoms with Crippen LogP contribution in [0.3, 0.4) is 0 Å². The normalized spacial score (nSPS) is 13.3. The van der Waals surface area contributed by atoms with Gasteiger partial charge in [0.25, 0.3) is 0 Å². The molecule has 1 heterocycles. The monoisotopic (exact) mass is 725 g/mol. The smallest absolute Gasteiger partial charge is 0.143 e. The molecule has 0 N–H and O–H groups in total. The van der Waals surface area contributed by atoms with E-state index in [0.717, 1.165) is 49.8 Å². The minimum Gasteiger partial charge on any atom is -0.455 e. The number of hydrogen-bond donors (Lipinski definition) is 0. The number of hydrogen-bond acceptors (Lipinski definition) is 2. The van der Waals surface area contributed by atoms with Gasteiger partial charge in [0.05, 0.1) is 13.8 Å². The molecule has 55 heavy (non-hydrogen) atoms. The summed E-state index contributed by atoms with van der Waals surface area (Å²) in [6, 6.07) is 62.4. The van der Waals surface area contributed by atoms with Crippen LogP contribution in [-0.2, 0) is 5.41 Å². The highest BCUT2D eigenvalue weighted by Crippen LogP contribution is 2.54. The fourth-order valence-corrected chi connectivity index (χ4v) is 10.0. The van der Waals surface area contributed by atoms with E-state index in [-0.39, 0.29) is 5.41 Å². The number of fused-ring (bicyclic) bond motifs is 8. The molecule has 0 radical (unpaired) electrons. The zero-order valence-corrected chi connectivity index (χ0v) is 33.0. The number of para-hydroxylation sites is 1. The van der Waals surface area contributed by atoms with Crippen molar-refractivity contribution in [1.29, 1.82) is 0 Å². The van der Waals surface area contributed by atoms with E-state index in [1.807, 2.05) is 0 Å². The third-order valence-corrected chi connectivity index (χ3v) is 13.9. The van der Waals surface area contributed by atoms with Gasteiger partial charge in [-0.2, -0.15) is 0 Å². The molecule has 0 unspecified atom stereocenters. The molecule has 1 aliphatic rings. The summed E-state index contributed by atoms with van der Waals surface area (Å²) < 4.78 is 6.73. The molecule has 266 valence electrons. The van der Waals surface area contributed by atoms with Crippen LogP contribution in [0.1, 0.15) is 25.0 Å². The van der Waals surface area contributed by atoms with Gasteiger partial charge in [-0.3, -0.25) is 0 Å². The van der Waals surface area contributed by atoms with Crippen molar-refractivity contribution in [3.8, 4) is 33.4 Å². The molecule has 0 amide bonds. The van der Waals surface area contributed by atoms with Crippen LogP contribution in [0.25, 0.3) is 66.1 Å². The van der Waals surface area contributed by atoms with Crippen LogP contribution < -0.4 is 10.1 Å². The van der Waals surface area contributed by atoms with Crippen molar-refractivity contribution in [2.24, 2.45) is 0 Å². The number of rotatable bonds is 6. The maximum atomic E-state index is 6.73. The third kappa shape index (κ3) is 5.37. The van der Waals surface area contributed by atoms with Crippen LogP contribution in [0.5, 0.6) is 0 Å². The highest BCUT2D eigenvalue weighted by atomic mass is 28.3. The molecule has 0 fully saturated rings. The lowest BCUT2D eigenvalue weighted by molar-refractivity contribution is 0.660. The summed E-state index contributed by atoms with van der Waals surface area (Å²) in [5.41, 5.74) is 15.2. The lowest BCUT2D eigenvalue weighted by Crippen LogP contribution is -2.37. The highest BCUT2D eigenvalue weighted by molar-refractivity contribution is 6.88. The van der Waals surface area contributed by atoms with E-state index in [9.17, 15) is 0 Å². The molecular weight excluding hydrogens is 683 g/mol. The van der Waals surface area contributed by atoms with E-state index in [1.165, 1.54) is 49.6 Å². The Hall–Kier alpha value is -6.16. The van der Waals surface area contributed by atoms with E-state index < -0.39 is 8.07 Å². The predicted octanol–water partition coefficient (Wildman–Crippen LogP) is 14.4. The van der Waals surface area contributed by atoms with Crippen LogP contribution in [0.15, 0.2) is 174 Å². The van der Waals surface area contributed by atoms with E-state index in [1.54, 1.807) is 0 Å². The summed E-state index contributed by atoms with van der Waals surface area (Å²) >= 11 is 0. The first kappa shape index (κ1) is 33.4. The molecule has 3 heteroatoms. The minimum absolute atomic E-state index is 0.0972. The zero-order chi connectivity index (χ0) is 37.5. The summed E-state index contributed by atoms with van der Waals surface area (Å²) in [5, 5.41) is 6.10. The molecule has 0 aliphatic heterocycles. The zero-order valence-electron chi connectivity index (χ0n) is 32.0. The van der Waals surface area contributed by atoms with Crippen molar-refractivity contribution in [2.75, 3.05) is 4.90 Å². The molecule has 0 atom stereocenters. The van der Waals surface area contributed by atoms with Gasteiger partial charge in [0.2, 0.25) is 0 Å². The molecule has 1 aliphatic carbocycles. The van der Waals surface area contributed by atoms with Gasteiger partial charge in [-0.05, 0) is 75.2 Å². The first-order chi connectivity index (χ1) is 26.7. The molecule has 10 rings (SSSR count). The number of furan rings is 1. The van der Waals surface area contributed by atoms with Gasteiger partial charge in [0.1, 0.15) is 11.2 Å². The number of benzene rings is 8. The molecular formula is C52H43NOSi. The summed E-state index contributed by atoms with van der Waals surface area (Å²) in [6.45, 7) is 11.9. The lowest BCUT2D eigenvalue weighted by atomic mass is 9.82. The molecule has 0 bridgehead atoms. The van der Waals surface area contributed by atoms with Gasteiger partial charge in [0.15, 0.2) is 0 Å². The molecule has 0 spiro atoms. The van der Waals surface area contributed by atoms with Gasteiger partial charge in [-0.25, -0.2) is 0 Å². The molecule has 0 saturated heterocycles. The maximum absolute atomic E-state index is 6.73. The Morgan fingerprint density at radius 1 is 0.455 bits per heavy atom. The lowest BCUT2D eigenvalue weighted by Gasteiger charge is -2.29. The number of nitrogens with zero attached hydrogens (tertiary/aromatic N) is 1. The first-order valence-electron chi connectivity index (χ1n) is 19.3. The van der Waals surface area contributed by atoms with Crippen LogP contribution in [-0.4, -0.2) is 8.07 Å². The second-order valence-corrected chi connectivity index (χ2v) is 21.7. The van der Waals surface area contributed by atoms with Crippen molar-refractivity contribution in [1.82, 2.24) is 0 Å². The average molecular weight is 726 g/mol. The quantitative estimate of drug-likeness (QED) is 0.159. The fraction of sp³-hybridized carbons (Fsp3) is 0.115. The Balaban J connectivity index is 1.10. The standard InChI is InChI=1S/C52H43NOSi/c1-52(2)46-17-9-8-14-45(46)49-47(52)18-11-19-48(49)53(38-27-20-34(21-28-38)35-24-31-40(32-25-35)55(3,4)5)39-29-22-37(23-30-39)42-15-10-16-43-44-33-26-36-12-6-7-13-41(36)51(44)54-50(42)43/h6-33H,1-5H3. The molecule has 8 aromatic carbocycles. The second-order valence-electron chi connectivity index (χ2n) is 16.6. The van der Waals surface area contributed by atoms with Gasteiger partial charge >= 0.3 is 0 Å². The molecule has 9 aromatic rings. The van der Waals surface area contributed by atoms with Crippen LogP contribution in [0, 0.1) is 0 Å². The Kier molecular flexibility index (Phi) is 7.56. The molecule has 1 aromatic heterocycles. The SMILES string of the molecule is CC1(C)c2ccccc2-c2c(N(c3ccc(-c4ccc([Si](C)(C)C)cc4)cc3)c3ccc(-c4cccc5c4oc4c6ccccc6ccc54)cc3)cccc21. The van der Waals surface area contributed by atoms with Gasteiger partial charge in [0, 0.05) is 44.1 Å². The van der Waals surface area contributed by atoms with Crippen molar-refractivity contribution >= 4 is 63.0 Å². The first-order valence-corrected chi connectivity index (χ1v) is 22.8. The average Bonchev–Trinajstić information content (AvgIpc) is 3.71. The van der Waals surface area contributed by atoms with Crippen LogP contribution >= 0.6 is 0 Å². The minimum atomic E-state index is -1.37. The number of anilines is 3. The highest BCUT2D eigenvalue weighted by Gasteiger charge is 2.37. The summed E-state index contributed by atoms with van der Waals surface area (Å²) in [6.07, 6.45) is 0. The van der Waals surface area contributed by atoms with Gasteiger partial charge in [-0.15, -0.1) is 0 Å².